The van der Waals surface area contributed by atoms with Crippen LogP contribution in [0.1, 0.15) is 32.6 Å². The van der Waals surface area contributed by atoms with E-state index in [1.807, 2.05) is 0 Å². The van der Waals surface area contributed by atoms with Gasteiger partial charge in [0.15, 0.2) is 6.29 Å². The van der Waals surface area contributed by atoms with Crippen molar-refractivity contribution in [3.63, 3.8) is 0 Å². The molecular weight excluding hydrogens is 222 g/mol. The molecule has 0 aliphatic heterocycles. The predicted octanol–water partition coefficient (Wildman–Crippen LogP) is 1.87. The molecule has 5 heteroatoms. The van der Waals surface area contributed by atoms with Crippen LogP contribution in [0.5, 0.6) is 0 Å². The maximum atomic E-state index is 11.0. The van der Waals surface area contributed by atoms with Crippen LogP contribution in [-0.2, 0) is 19.0 Å². The van der Waals surface area contributed by atoms with Gasteiger partial charge in [-0.3, -0.25) is 4.79 Å². The van der Waals surface area contributed by atoms with Gasteiger partial charge in [0.1, 0.15) is 0 Å². The van der Waals surface area contributed by atoms with Crippen molar-refractivity contribution < 1.29 is 19.0 Å². The Morgan fingerprint density at radius 2 is 2.12 bits per heavy atom. The Morgan fingerprint density at radius 3 is 2.59 bits per heavy atom. The summed E-state index contributed by atoms with van der Waals surface area (Å²) in [5.74, 6) is -0.176. The van der Waals surface area contributed by atoms with E-state index in [1.165, 1.54) is 14.2 Å². The Bertz CT molecular complexity index is 249. The average Bonchev–Trinajstić information content (AvgIpc) is 2.34. The van der Waals surface area contributed by atoms with Crippen molar-refractivity contribution in [2.45, 2.75) is 38.9 Å². The van der Waals surface area contributed by atoms with Gasteiger partial charge in [-0.15, -0.1) is 0 Å². The second-order valence-electron chi connectivity index (χ2n) is 3.80. The summed E-state index contributed by atoms with van der Waals surface area (Å²) in [5, 5.41) is 8.66. The molecule has 0 spiro atoms. The van der Waals surface area contributed by atoms with Crippen molar-refractivity contribution in [2.75, 3.05) is 20.8 Å². The van der Waals surface area contributed by atoms with Crippen LogP contribution in [0.4, 0.5) is 0 Å². The highest BCUT2D eigenvalue weighted by Crippen LogP contribution is 2.13. The zero-order chi connectivity index (χ0) is 13.1. The smallest absolute Gasteiger partial charge is 0.310 e. The molecule has 2 atom stereocenters. The second-order valence-corrected chi connectivity index (χ2v) is 3.80. The first kappa shape index (κ1) is 15.9. The molecule has 0 bridgehead atoms. The van der Waals surface area contributed by atoms with Gasteiger partial charge in [0, 0.05) is 13.5 Å². The first-order valence-electron chi connectivity index (χ1n) is 5.76. The van der Waals surface area contributed by atoms with E-state index in [0.717, 1.165) is 12.8 Å². The largest absolute Gasteiger partial charge is 0.469 e. The van der Waals surface area contributed by atoms with Gasteiger partial charge >= 0.3 is 5.97 Å². The summed E-state index contributed by atoms with van der Waals surface area (Å²) in [5.41, 5.74) is 0. The van der Waals surface area contributed by atoms with E-state index >= 15 is 0 Å². The molecule has 0 aliphatic rings. The molecule has 0 N–H and O–H groups in total. The molecule has 0 amide bonds. The van der Waals surface area contributed by atoms with E-state index in [4.69, 9.17) is 14.7 Å². The van der Waals surface area contributed by atoms with Gasteiger partial charge in [0.2, 0.25) is 0 Å². The van der Waals surface area contributed by atoms with Gasteiger partial charge < -0.3 is 14.2 Å². The minimum absolute atomic E-state index is 0.0679. The molecule has 0 aromatic carbocycles. The third-order valence-electron chi connectivity index (χ3n) is 2.42. The summed E-state index contributed by atoms with van der Waals surface area (Å²) in [6, 6.07) is 2.13. The number of ether oxygens (including phenoxy) is 3. The molecule has 0 fully saturated rings. The molecule has 0 saturated carbocycles. The molecule has 0 rings (SSSR count). The average molecular weight is 243 g/mol. The van der Waals surface area contributed by atoms with E-state index in [9.17, 15) is 4.79 Å². The van der Waals surface area contributed by atoms with Gasteiger partial charge in [-0.25, -0.2) is 0 Å². The van der Waals surface area contributed by atoms with Crippen molar-refractivity contribution in [1.82, 2.24) is 0 Å². The number of nitriles is 1. The zero-order valence-corrected chi connectivity index (χ0v) is 10.8. The lowest BCUT2D eigenvalue weighted by atomic mass is 10.0. The van der Waals surface area contributed by atoms with Gasteiger partial charge in [0.05, 0.1) is 26.2 Å². The Morgan fingerprint density at radius 1 is 1.41 bits per heavy atom. The summed E-state index contributed by atoms with van der Waals surface area (Å²) in [4.78, 5) is 11.0. The van der Waals surface area contributed by atoms with E-state index in [2.05, 4.69) is 17.7 Å². The molecule has 0 aliphatic carbocycles. The highest BCUT2D eigenvalue weighted by Gasteiger charge is 2.16. The zero-order valence-electron chi connectivity index (χ0n) is 10.8. The molecule has 5 nitrogen and oxygen atoms in total. The number of hydrogen-bond acceptors (Lipinski definition) is 5. The van der Waals surface area contributed by atoms with Crippen LogP contribution >= 0.6 is 0 Å². The summed E-state index contributed by atoms with van der Waals surface area (Å²) >= 11 is 0. The van der Waals surface area contributed by atoms with Crippen LogP contribution in [0.15, 0.2) is 0 Å². The molecular formula is C12H21NO4. The minimum atomic E-state index is -0.597. The fraction of sp³-hybridized carbons (Fsp3) is 0.833. The van der Waals surface area contributed by atoms with Gasteiger partial charge in [-0.2, -0.15) is 5.26 Å². The van der Waals surface area contributed by atoms with Crippen LogP contribution in [-0.4, -0.2) is 33.1 Å². The normalized spacial score (nSPS) is 13.8. The summed E-state index contributed by atoms with van der Waals surface area (Å²) < 4.78 is 15.0. The highest BCUT2D eigenvalue weighted by molar-refractivity contribution is 5.69. The fourth-order valence-corrected chi connectivity index (χ4v) is 1.45. The van der Waals surface area contributed by atoms with Crippen molar-refractivity contribution in [3.05, 3.63) is 0 Å². The van der Waals surface area contributed by atoms with Crippen LogP contribution in [0.2, 0.25) is 0 Å². The van der Waals surface area contributed by atoms with Gasteiger partial charge in [0.25, 0.3) is 0 Å². The molecule has 0 radical (unpaired) electrons. The maximum Gasteiger partial charge on any atom is 0.310 e. The third-order valence-corrected chi connectivity index (χ3v) is 2.42. The number of methoxy groups -OCH3 is 2. The lowest BCUT2D eigenvalue weighted by Crippen LogP contribution is -2.23. The van der Waals surface area contributed by atoms with Crippen molar-refractivity contribution in [3.8, 4) is 6.07 Å². The standard InChI is InChI=1S/C12H21NO4/c1-4-5-10(6-7-13)9-17-12(16-3)8-11(14)15-2/h10,12H,4-6,8-9H2,1-3H3. The maximum absolute atomic E-state index is 11.0. The lowest BCUT2D eigenvalue weighted by Gasteiger charge is -2.18. The predicted molar refractivity (Wildman–Crippen MR) is 62.0 cm³/mol. The third kappa shape index (κ3) is 7.72. The highest BCUT2D eigenvalue weighted by atomic mass is 16.7. The monoisotopic (exact) mass is 243 g/mol. The SMILES string of the molecule is CCCC(CC#N)COC(CC(=O)OC)OC. The van der Waals surface area contributed by atoms with Gasteiger partial charge in [-0.1, -0.05) is 13.3 Å². The number of carbonyl (C=O) groups is 1. The molecule has 0 aromatic rings. The topological polar surface area (TPSA) is 68.5 Å². The van der Waals surface area contributed by atoms with Crippen molar-refractivity contribution in [2.24, 2.45) is 5.92 Å². The minimum Gasteiger partial charge on any atom is -0.469 e. The Labute approximate surface area is 103 Å². The molecule has 0 heterocycles. The van der Waals surface area contributed by atoms with Gasteiger partial charge in [-0.05, 0) is 12.3 Å². The Kier molecular flexibility index (Phi) is 9.40. The number of esters is 1. The Hall–Kier alpha value is -1.12. The van der Waals surface area contributed by atoms with Crippen LogP contribution in [0, 0.1) is 17.2 Å². The number of nitrogens with zero attached hydrogens (tertiary/aromatic N) is 1. The number of hydrogen-bond donors (Lipinski definition) is 0. The van der Waals surface area contributed by atoms with Crippen molar-refractivity contribution in [1.29, 1.82) is 5.26 Å². The van der Waals surface area contributed by atoms with E-state index in [-0.39, 0.29) is 18.3 Å². The van der Waals surface area contributed by atoms with E-state index < -0.39 is 6.29 Å². The van der Waals surface area contributed by atoms with Crippen LogP contribution in [0.3, 0.4) is 0 Å². The van der Waals surface area contributed by atoms with E-state index in [0.29, 0.717) is 13.0 Å². The summed E-state index contributed by atoms with van der Waals surface area (Å²) in [6.45, 7) is 2.49. The first-order valence-corrected chi connectivity index (χ1v) is 5.76. The Balaban J connectivity index is 4.01. The summed E-state index contributed by atoms with van der Waals surface area (Å²) in [7, 11) is 2.80. The fourth-order valence-electron chi connectivity index (χ4n) is 1.45. The molecule has 98 valence electrons. The lowest BCUT2D eigenvalue weighted by molar-refractivity contribution is -0.165. The van der Waals surface area contributed by atoms with Crippen molar-refractivity contribution >= 4 is 5.97 Å². The molecule has 2 unspecified atom stereocenters. The van der Waals surface area contributed by atoms with E-state index in [1.54, 1.807) is 0 Å². The number of rotatable bonds is 9. The summed E-state index contributed by atoms with van der Waals surface area (Å²) in [6.07, 6.45) is 1.87. The number of carbonyl (C=O) groups excluding carboxylic acids is 1. The van der Waals surface area contributed by atoms with Crippen LogP contribution < -0.4 is 0 Å². The quantitative estimate of drug-likeness (QED) is 0.457. The molecule has 17 heavy (non-hydrogen) atoms. The second kappa shape index (κ2) is 10.1. The van der Waals surface area contributed by atoms with Crippen LogP contribution in [0.25, 0.3) is 0 Å². The first-order chi connectivity index (χ1) is 8.17. The molecule has 0 saturated heterocycles. The molecule has 0 aromatic heterocycles.